The fourth-order valence-electron chi connectivity index (χ4n) is 9.91. The van der Waals surface area contributed by atoms with E-state index in [0.717, 1.165) is 76.1 Å². The minimum absolute atomic E-state index is 0.0284. The number of hydrogen-bond donors (Lipinski definition) is 0. The Balaban J connectivity index is 0.000000181. The molecule has 4 bridgehead atoms. The number of nitriles is 1. The highest BCUT2D eigenvalue weighted by Crippen LogP contribution is 2.46. The Morgan fingerprint density at radius 2 is 1.11 bits per heavy atom. The molecule has 2 unspecified atom stereocenters. The first-order valence-electron chi connectivity index (χ1n) is 21.9. The Hall–Kier alpha value is -6.01. The Morgan fingerprint density at radius 3 is 1.47 bits per heavy atom. The monoisotopic (exact) mass is 931 g/mol. The molecule has 3 aromatic heterocycles. The summed E-state index contributed by atoms with van der Waals surface area (Å²) in [5.74, 6) is -0.127. The van der Waals surface area contributed by atoms with Crippen LogP contribution in [0.15, 0.2) is 40.9 Å². The Morgan fingerprint density at radius 1 is 0.682 bits per heavy atom. The van der Waals surface area contributed by atoms with Crippen molar-refractivity contribution in [3.05, 3.63) is 76.6 Å². The van der Waals surface area contributed by atoms with Gasteiger partial charge in [-0.25, -0.2) is 18.1 Å². The van der Waals surface area contributed by atoms with Gasteiger partial charge in [0.15, 0.2) is 46.8 Å². The van der Waals surface area contributed by atoms with Gasteiger partial charge >= 0.3 is 30.4 Å². The van der Waals surface area contributed by atoms with Crippen molar-refractivity contribution in [3.63, 3.8) is 0 Å². The van der Waals surface area contributed by atoms with Crippen molar-refractivity contribution in [3.8, 4) is 29.7 Å². The summed E-state index contributed by atoms with van der Waals surface area (Å²) in [6.07, 6.45) is -1.97. The van der Waals surface area contributed by atoms with Crippen molar-refractivity contribution in [2.75, 3.05) is 31.1 Å². The highest BCUT2D eigenvalue weighted by Gasteiger charge is 2.45. The topological polar surface area (TPSA) is 149 Å². The van der Waals surface area contributed by atoms with E-state index in [1.807, 2.05) is 27.7 Å². The van der Waals surface area contributed by atoms with Crippen LogP contribution in [-0.2, 0) is 25.2 Å². The molecule has 0 radical (unpaired) electrons. The van der Waals surface area contributed by atoms with Gasteiger partial charge in [0.25, 0.3) is 0 Å². The fraction of sp³-hybridized carbons (Fsp3) is 0.568. The zero-order chi connectivity index (χ0) is 47.2. The van der Waals surface area contributed by atoms with Gasteiger partial charge in [0, 0.05) is 39.0 Å². The Labute approximate surface area is 374 Å². The van der Waals surface area contributed by atoms with Crippen molar-refractivity contribution in [1.29, 1.82) is 5.26 Å². The number of fused-ring (bicyclic) bond motifs is 4. The molecule has 9 rings (SSSR count). The largest absolute Gasteiger partial charge is 0.421 e. The molecule has 66 heavy (non-hydrogen) atoms. The zero-order valence-corrected chi connectivity index (χ0v) is 36.8. The average Bonchev–Trinajstić information content (AvgIpc) is 4.06. The number of anilines is 1. The summed E-state index contributed by atoms with van der Waals surface area (Å²) in [6, 6.07) is 5.96. The van der Waals surface area contributed by atoms with Crippen LogP contribution in [0.2, 0.25) is 0 Å². The molecule has 0 spiro atoms. The molecular formula is C44H49F8N11O3. The fourth-order valence-corrected chi connectivity index (χ4v) is 9.91. The van der Waals surface area contributed by atoms with Gasteiger partial charge in [-0.3, -0.25) is 0 Å². The summed E-state index contributed by atoms with van der Waals surface area (Å²) in [7, 11) is 0. The number of piperidine rings is 2. The van der Waals surface area contributed by atoms with E-state index in [-0.39, 0.29) is 24.1 Å². The number of aromatic nitrogens is 8. The molecule has 6 atom stereocenters. The van der Waals surface area contributed by atoms with Gasteiger partial charge in [-0.1, -0.05) is 17.3 Å². The maximum absolute atomic E-state index is 14.5. The maximum Gasteiger partial charge on any atom is 0.419 e. The molecule has 2 aliphatic carbocycles. The number of benzene rings is 2. The predicted molar refractivity (Wildman–Crippen MR) is 219 cm³/mol. The highest BCUT2D eigenvalue weighted by molar-refractivity contribution is 5.36. The smallest absolute Gasteiger partial charge is 0.419 e. The lowest BCUT2D eigenvalue weighted by Gasteiger charge is -2.36. The zero-order valence-electron chi connectivity index (χ0n) is 36.8. The average molecular weight is 932 g/mol. The van der Waals surface area contributed by atoms with Gasteiger partial charge in [0.05, 0.1) is 23.2 Å². The lowest BCUT2D eigenvalue weighted by molar-refractivity contribution is -0.141. The van der Waals surface area contributed by atoms with Crippen LogP contribution in [0, 0.1) is 65.5 Å². The number of rotatable bonds is 11. The third kappa shape index (κ3) is 9.75. The Kier molecular flexibility index (Phi) is 12.9. The molecule has 5 aromatic rings. The van der Waals surface area contributed by atoms with Crippen molar-refractivity contribution in [2.45, 2.75) is 97.6 Å². The second kappa shape index (κ2) is 18.3. The number of alkyl halides is 6. The summed E-state index contributed by atoms with van der Waals surface area (Å²) >= 11 is 0. The van der Waals surface area contributed by atoms with E-state index >= 15 is 0 Å². The molecule has 0 N–H and O–H groups in total. The van der Waals surface area contributed by atoms with Crippen LogP contribution < -0.4 is 14.4 Å². The van der Waals surface area contributed by atoms with Crippen molar-refractivity contribution < 1.29 is 49.1 Å². The summed E-state index contributed by atoms with van der Waals surface area (Å²) < 4.78 is 127. The van der Waals surface area contributed by atoms with Gasteiger partial charge in [0.2, 0.25) is 0 Å². The van der Waals surface area contributed by atoms with E-state index < -0.39 is 46.6 Å². The summed E-state index contributed by atoms with van der Waals surface area (Å²) in [5.41, 5.74) is -2.77. The van der Waals surface area contributed by atoms with Gasteiger partial charge in [0.1, 0.15) is 0 Å². The van der Waals surface area contributed by atoms with Gasteiger partial charge < -0.3 is 23.8 Å². The van der Waals surface area contributed by atoms with E-state index in [2.05, 4.69) is 41.4 Å². The van der Waals surface area contributed by atoms with E-state index in [1.165, 1.54) is 9.36 Å². The van der Waals surface area contributed by atoms with Crippen LogP contribution in [0.5, 0.6) is 23.5 Å². The molecular weight excluding hydrogens is 883 g/mol. The van der Waals surface area contributed by atoms with Crippen LogP contribution in [-0.4, -0.2) is 70.7 Å². The second-order valence-electron chi connectivity index (χ2n) is 18.1. The van der Waals surface area contributed by atoms with Crippen LogP contribution >= 0.6 is 0 Å². The molecule has 2 saturated heterocycles. The highest BCUT2D eigenvalue weighted by atomic mass is 19.4. The number of nitrogens with zero attached hydrogens (tertiary/aromatic N) is 11. The first-order valence-corrected chi connectivity index (χ1v) is 21.9. The molecule has 14 nitrogen and oxygen atoms in total. The van der Waals surface area contributed by atoms with Crippen LogP contribution in [0.3, 0.4) is 0 Å². The van der Waals surface area contributed by atoms with Crippen LogP contribution in [0.1, 0.15) is 94.1 Å². The number of likely N-dealkylation sites (tertiary alicyclic amines) is 1. The third-order valence-electron chi connectivity index (χ3n) is 13.0. The quantitative estimate of drug-likeness (QED) is 0.0917. The van der Waals surface area contributed by atoms with Crippen molar-refractivity contribution >= 4 is 6.01 Å². The van der Waals surface area contributed by atoms with E-state index in [1.54, 1.807) is 11.8 Å². The van der Waals surface area contributed by atoms with Crippen molar-refractivity contribution in [1.82, 2.24) is 44.6 Å². The first-order chi connectivity index (χ1) is 31.3. The molecule has 22 heteroatoms. The van der Waals surface area contributed by atoms with E-state index in [4.69, 9.17) is 14.0 Å². The first kappa shape index (κ1) is 46.5. The van der Waals surface area contributed by atoms with Crippen LogP contribution in [0.25, 0.3) is 0 Å². The molecule has 0 amide bonds. The van der Waals surface area contributed by atoms with E-state index in [0.29, 0.717) is 84.0 Å². The maximum atomic E-state index is 14.5. The molecule has 354 valence electrons. The summed E-state index contributed by atoms with van der Waals surface area (Å²) in [5, 5.41) is 22.1. The van der Waals surface area contributed by atoms with Crippen molar-refractivity contribution in [2.24, 2.45) is 35.5 Å². The third-order valence-corrected chi connectivity index (χ3v) is 13.0. The van der Waals surface area contributed by atoms with Crippen LogP contribution in [0.4, 0.5) is 41.1 Å². The molecule has 2 aromatic carbocycles. The minimum Gasteiger partial charge on any atom is -0.421 e. The molecule has 2 aliphatic heterocycles. The molecule has 4 aliphatic rings. The van der Waals surface area contributed by atoms with Gasteiger partial charge in [-0.05, 0) is 120 Å². The normalized spacial score (nSPS) is 22.8. The Bertz CT molecular complexity index is 2520. The predicted octanol–water partition coefficient (Wildman–Crippen LogP) is 10.00. The van der Waals surface area contributed by atoms with Gasteiger partial charge in [-0.2, -0.15) is 56.8 Å². The van der Waals surface area contributed by atoms with E-state index in [9.17, 15) is 40.4 Å². The SMILES string of the molecule is CC(C)n1nc(CC2[C@@H]3CC[C@H]2CN(C#N)C3)nc1Oc1cccc(C(F)(F)F)c1F.Cc1noc(N2C[C@H]3CC[C@@H](C2)C3Cc2nc(Oc3cccc(C(F)(F)F)c3F)n(C(C)C)n2)n1. The molecule has 2 saturated carbocycles. The number of ether oxygens (including phenoxy) is 2. The number of aryl methyl sites for hydroxylation is 1. The molecule has 4 fully saturated rings. The molecule has 5 heterocycles. The number of halogens is 8. The summed E-state index contributed by atoms with van der Waals surface area (Å²) in [6.45, 7) is 12.2. The summed E-state index contributed by atoms with van der Waals surface area (Å²) in [4.78, 5) is 17.1. The lowest BCUT2D eigenvalue weighted by atomic mass is 9.82. The second-order valence-corrected chi connectivity index (χ2v) is 18.1. The number of hydrogen-bond acceptors (Lipinski definition) is 12. The minimum atomic E-state index is -4.82. The lowest BCUT2D eigenvalue weighted by Crippen LogP contribution is -2.43. The standard InChI is InChI=1S/C23H26F4N6O2.C21H23F4N5O/c1-12(2)33-22(34-18-6-4-5-17(20(18)24)23(25,26)27)29-19(30-33)9-16-14-7-8-15(16)11-32(10-14)21-28-13(3)31-35-21;1-12(2)30-20(31-17-5-3-4-16(19(17)22)21(23,24)25)27-18(28-30)8-15-13-6-7-14(15)10-29(9-13)11-26/h4-6,12,14-16H,7-11H2,1-3H3;3-5,12-15H,6-10H2,1-2H3/t14-,15+,16?;13-,14+,15?. The van der Waals surface area contributed by atoms with Gasteiger partial charge in [-0.15, -0.1) is 0 Å².